The molecular weight excluding hydrogens is 558 g/mol. The smallest absolute Gasteiger partial charge is 0.340 e. The molecule has 1 saturated heterocycles. The topological polar surface area (TPSA) is 148 Å². The maximum absolute atomic E-state index is 13.6. The number of benzene rings is 1. The molecule has 0 unspecified atom stereocenters. The lowest BCUT2D eigenvalue weighted by Gasteiger charge is -2.65. The Bertz CT molecular complexity index is 1410. The first kappa shape index (κ1) is 30.6. The van der Waals surface area contributed by atoms with Crippen molar-refractivity contribution >= 4 is 23.9 Å². The average molecular weight is 596 g/mol. The lowest BCUT2D eigenvalue weighted by atomic mass is 9.47. The van der Waals surface area contributed by atoms with Gasteiger partial charge in [0.25, 0.3) is 0 Å². The van der Waals surface area contributed by atoms with Crippen LogP contribution in [0.15, 0.2) is 54.9 Å². The summed E-state index contributed by atoms with van der Waals surface area (Å²) in [5, 5.41) is 12.3. The minimum Gasteiger partial charge on any atom is -0.458 e. The zero-order chi connectivity index (χ0) is 31.4. The van der Waals surface area contributed by atoms with Crippen molar-refractivity contribution < 1.29 is 48.0 Å². The number of hydrogen-bond donors (Lipinski definition) is 1. The molecule has 1 aliphatic heterocycles. The van der Waals surface area contributed by atoms with E-state index >= 15 is 0 Å². The van der Waals surface area contributed by atoms with Crippen molar-refractivity contribution in [3.63, 3.8) is 0 Å². The Kier molecular flexibility index (Phi) is 7.63. The van der Waals surface area contributed by atoms with Crippen LogP contribution in [0.3, 0.4) is 0 Å². The summed E-state index contributed by atoms with van der Waals surface area (Å²) in [5.74, 6) is -3.63. The number of carbonyl (C=O) groups excluding carboxylic acids is 4. The van der Waals surface area contributed by atoms with Crippen molar-refractivity contribution in [1.82, 2.24) is 4.98 Å². The SMILES string of the molecule is CC(=O)O[C@H]1[C@@H]2[C@@H](OC(=O)c3cccnc3)[C@@]3(OC2(C)C)[C@@](C)([C@@H](OC(=O)c2ccccc2)CC[C@]3(C)O)[C@@H]1OC(C)=O. The normalized spacial score (nSPS) is 35.7. The summed E-state index contributed by atoms with van der Waals surface area (Å²) in [7, 11) is 0. The first-order valence-electron chi connectivity index (χ1n) is 14.3. The van der Waals surface area contributed by atoms with Crippen LogP contribution >= 0.6 is 0 Å². The number of fused-ring (bicyclic) bond motifs is 1. The fourth-order valence-corrected chi connectivity index (χ4v) is 7.67. The Morgan fingerprint density at radius 3 is 2.07 bits per heavy atom. The van der Waals surface area contributed by atoms with Crippen LogP contribution in [0.4, 0.5) is 0 Å². The van der Waals surface area contributed by atoms with E-state index in [0.29, 0.717) is 5.56 Å². The van der Waals surface area contributed by atoms with Gasteiger partial charge in [-0.2, -0.15) is 0 Å². The second-order valence-corrected chi connectivity index (χ2v) is 12.5. The molecule has 0 amide bonds. The highest BCUT2D eigenvalue weighted by molar-refractivity contribution is 5.90. The number of nitrogens with zero attached hydrogens (tertiary/aromatic N) is 1. The molecule has 5 rings (SSSR count). The Morgan fingerprint density at radius 1 is 0.837 bits per heavy atom. The quantitative estimate of drug-likeness (QED) is 0.387. The van der Waals surface area contributed by atoms with Crippen LogP contribution in [0.1, 0.15) is 75.1 Å². The van der Waals surface area contributed by atoms with E-state index < -0.39 is 76.4 Å². The van der Waals surface area contributed by atoms with Gasteiger partial charge in [0.05, 0.1) is 33.7 Å². The third-order valence-electron chi connectivity index (χ3n) is 9.34. The molecule has 1 aromatic carbocycles. The Morgan fingerprint density at radius 2 is 1.47 bits per heavy atom. The summed E-state index contributed by atoms with van der Waals surface area (Å²) in [6.07, 6.45) is -1.62. The van der Waals surface area contributed by atoms with E-state index in [-0.39, 0.29) is 18.4 Å². The van der Waals surface area contributed by atoms with E-state index in [1.165, 1.54) is 32.3 Å². The number of aromatic nitrogens is 1. The zero-order valence-corrected chi connectivity index (χ0v) is 25.1. The van der Waals surface area contributed by atoms with Gasteiger partial charge in [-0.3, -0.25) is 14.6 Å². The third kappa shape index (κ3) is 4.78. The van der Waals surface area contributed by atoms with Crippen LogP contribution in [0.2, 0.25) is 0 Å². The minimum absolute atomic E-state index is 0.0874. The van der Waals surface area contributed by atoms with Gasteiger partial charge in [-0.15, -0.1) is 0 Å². The Labute approximate surface area is 249 Å². The molecular formula is C32H37NO10. The number of hydrogen-bond acceptors (Lipinski definition) is 11. The Hall–Kier alpha value is -3.83. The second kappa shape index (κ2) is 10.7. The molecule has 3 aliphatic rings. The van der Waals surface area contributed by atoms with Gasteiger partial charge in [-0.05, 0) is 64.8 Å². The first-order valence-corrected chi connectivity index (χ1v) is 14.3. The second-order valence-electron chi connectivity index (χ2n) is 12.5. The van der Waals surface area contributed by atoms with Gasteiger partial charge < -0.3 is 28.8 Å². The molecule has 3 fully saturated rings. The van der Waals surface area contributed by atoms with Crippen molar-refractivity contribution in [1.29, 1.82) is 0 Å². The van der Waals surface area contributed by atoms with Gasteiger partial charge in [0.2, 0.25) is 0 Å². The van der Waals surface area contributed by atoms with Crippen LogP contribution in [0, 0.1) is 11.3 Å². The third-order valence-corrected chi connectivity index (χ3v) is 9.34. The predicted octanol–water partition coefficient (Wildman–Crippen LogP) is 3.42. The van der Waals surface area contributed by atoms with Gasteiger partial charge in [-0.1, -0.05) is 18.2 Å². The van der Waals surface area contributed by atoms with Crippen molar-refractivity contribution in [2.45, 2.75) is 95.6 Å². The average Bonchev–Trinajstić information content (AvgIpc) is 3.16. The van der Waals surface area contributed by atoms with Crippen LogP contribution in [0.5, 0.6) is 0 Å². The molecule has 2 heterocycles. The first-order chi connectivity index (χ1) is 20.2. The maximum atomic E-state index is 13.6. The molecule has 1 spiro atoms. The fraction of sp³-hybridized carbons (Fsp3) is 0.531. The number of rotatable bonds is 6. The van der Waals surface area contributed by atoms with Crippen LogP contribution in [0.25, 0.3) is 0 Å². The molecule has 11 nitrogen and oxygen atoms in total. The van der Waals surface area contributed by atoms with Crippen LogP contribution in [-0.4, -0.2) is 75.2 Å². The van der Waals surface area contributed by atoms with E-state index in [1.807, 2.05) is 0 Å². The lowest BCUT2D eigenvalue weighted by Crippen LogP contribution is -2.81. The van der Waals surface area contributed by atoms with Gasteiger partial charge in [0.1, 0.15) is 23.9 Å². The summed E-state index contributed by atoms with van der Waals surface area (Å²) < 4.78 is 31.1. The van der Waals surface area contributed by atoms with Crippen LogP contribution < -0.4 is 0 Å². The van der Waals surface area contributed by atoms with E-state index in [1.54, 1.807) is 64.1 Å². The number of carbonyl (C=O) groups is 4. The summed E-state index contributed by atoms with van der Waals surface area (Å²) in [6.45, 7) is 9.14. The lowest BCUT2D eigenvalue weighted by molar-refractivity contribution is -0.335. The number of pyridine rings is 1. The molecule has 2 aromatic rings. The molecule has 0 radical (unpaired) electrons. The van der Waals surface area contributed by atoms with Crippen LogP contribution in [-0.2, 0) is 33.3 Å². The number of aliphatic hydroxyl groups is 1. The van der Waals surface area contributed by atoms with Crippen molar-refractivity contribution in [3.8, 4) is 0 Å². The highest BCUT2D eigenvalue weighted by Gasteiger charge is 2.85. The molecule has 43 heavy (non-hydrogen) atoms. The van der Waals surface area contributed by atoms with Crippen molar-refractivity contribution in [2.75, 3.05) is 0 Å². The molecule has 2 aliphatic carbocycles. The van der Waals surface area contributed by atoms with Gasteiger partial charge >= 0.3 is 23.9 Å². The molecule has 2 bridgehead atoms. The Balaban J connectivity index is 1.73. The highest BCUT2D eigenvalue weighted by Crippen LogP contribution is 2.69. The number of ether oxygens (including phenoxy) is 5. The molecule has 230 valence electrons. The monoisotopic (exact) mass is 595 g/mol. The standard InChI is InChI=1S/C32H37NO10/c1-18(34)39-24-23-25(42-28(37)21-13-10-16-33-17-21)32(43-29(23,3)4)30(5,38)15-14-22(31(32,6)26(24)40-19(2)35)41-27(36)20-11-8-7-9-12-20/h7-13,16-17,22-26,38H,14-15H2,1-6H3/t22-,23+,24-,25+,26+,30-,31-,32-/m0/s1. The molecule has 1 aromatic heterocycles. The van der Waals surface area contributed by atoms with Gasteiger partial charge in [0, 0.05) is 26.2 Å². The fourth-order valence-electron chi connectivity index (χ4n) is 7.67. The van der Waals surface area contributed by atoms with E-state index in [9.17, 15) is 24.3 Å². The van der Waals surface area contributed by atoms with Gasteiger partial charge in [-0.25, -0.2) is 9.59 Å². The van der Waals surface area contributed by atoms with E-state index in [2.05, 4.69) is 4.98 Å². The summed E-state index contributed by atoms with van der Waals surface area (Å²) in [5.41, 5.74) is -5.81. The molecule has 8 atom stereocenters. The van der Waals surface area contributed by atoms with Crippen molar-refractivity contribution in [2.24, 2.45) is 11.3 Å². The largest absolute Gasteiger partial charge is 0.458 e. The highest BCUT2D eigenvalue weighted by atomic mass is 16.6. The molecule has 11 heteroatoms. The molecule has 1 N–H and O–H groups in total. The van der Waals surface area contributed by atoms with Crippen molar-refractivity contribution in [3.05, 3.63) is 66.0 Å². The summed E-state index contributed by atoms with van der Waals surface area (Å²) in [6, 6.07) is 11.5. The summed E-state index contributed by atoms with van der Waals surface area (Å²) in [4.78, 5) is 56.2. The van der Waals surface area contributed by atoms with E-state index in [4.69, 9.17) is 23.7 Å². The minimum atomic E-state index is -1.79. The van der Waals surface area contributed by atoms with E-state index in [0.717, 1.165) is 0 Å². The zero-order valence-electron chi connectivity index (χ0n) is 25.1. The molecule has 2 saturated carbocycles. The maximum Gasteiger partial charge on any atom is 0.340 e. The predicted molar refractivity (Wildman–Crippen MR) is 150 cm³/mol. The van der Waals surface area contributed by atoms with Gasteiger partial charge in [0.15, 0.2) is 6.10 Å². The summed E-state index contributed by atoms with van der Waals surface area (Å²) >= 11 is 0. The number of esters is 4.